The van der Waals surface area contributed by atoms with E-state index in [9.17, 15) is 10.2 Å². The second-order valence-electron chi connectivity index (χ2n) is 4.87. The topological polar surface area (TPSA) is 116 Å². The van der Waals surface area contributed by atoms with Gasteiger partial charge in [-0.15, -0.1) is 0 Å². The molecule has 108 valence electrons. The lowest BCUT2D eigenvalue weighted by atomic mass is 9.98. The standard InChI is InChI=1S/C12H23N5O2/c1-4-12(6-18,7-19)16-9-5-10(17-13)15-11(14-9)8(2)3/h5,8,18-19H,4,6-7,13H2,1-3H3,(H2,14,15,16,17). The molecule has 0 aliphatic heterocycles. The van der Waals surface area contributed by atoms with E-state index in [0.29, 0.717) is 23.9 Å². The van der Waals surface area contributed by atoms with Crippen molar-refractivity contribution in [1.29, 1.82) is 0 Å². The molecular formula is C12H23N5O2. The van der Waals surface area contributed by atoms with E-state index < -0.39 is 5.54 Å². The summed E-state index contributed by atoms with van der Waals surface area (Å²) in [5.41, 5.74) is 1.69. The van der Waals surface area contributed by atoms with E-state index in [0.717, 1.165) is 0 Å². The van der Waals surface area contributed by atoms with Crippen LogP contribution in [-0.4, -0.2) is 38.9 Å². The molecule has 0 aliphatic carbocycles. The Bertz CT molecular complexity index is 399. The Hall–Kier alpha value is -1.44. The van der Waals surface area contributed by atoms with Gasteiger partial charge in [0.05, 0.1) is 18.8 Å². The van der Waals surface area contributed by atoms with Gasteiger partial charge in [-0.1, -0.05) is 20.8 Å². The van der Waals surface area contributed by atoms with Crippen molar-refractivity contribution < 1.29 is 10.2 Å². The first-order valence-electron chi connectivity index (χ1n) is 6.35. The van der Waals surface area contributed by atoms with Gasteiger partial charge in [-0.2, -0.15) is 0 Å². The van der Waals surface area contributed by atoms with Gasteiger partial charge in [0.25, 0.3) is 0 Å². The highest BCUT2D eigenvalue weighted by Gasteiger charge is 2.27. The number of hydrazine groups is 1. The number of aliphatic hydroxyl groups excluding tert-OH is 2. The molecule has 6 N–H and O–H groups in total. The van der Waals surface area contributed by atoms with Gasteiger partial charge < -0.3 is 21.0 Å². The first-order chi connectivity index (χ1) is 9.00. The lowest BCUT2D eigenvalue weighted by Crippen LogP contribution is -2.45. The quantitative estimate of drug-likeness (QED) is 0.360. The minimum Gasteiger partial charge on any atom is -0.394 e. The predicted octanol–water partition coefficient (Wildman–Crippen LogP) is 0.431. The van der Waals surface area contributed by atoms with Crippen molar-refractivity contribution in [3.8, 4) is 0 Å². The zero-order valence-electron chi connectivity index (χ0n) is 11.6. The first-order valence-corrected chi connectivity index (χ1v) is 6.35. The molecule has 0 spiro atoms. The summed E-state index contributed by atoms with van der Waals surface area (Å²) >= 11 is 0. The number of hydrogen-bond acceptors (Lipinski definition) is 7. The number of nitrogen functional groups attached to an aromatic ring is 1. The summed E-state index contributed by atoms with van der Waals surface area (Å²) in [6, 6.07) is 1.64. The Balaban J connectivity index is 3.08. The van der Waals surface area contributed by atoms with Gasteiger partial charge in [0.1, 0.15) is 17.5 Å². The second-order valence-corrected chi connectivity index (χ2v) is 4.87. The van der Waals surface area contributed by atoms with Crippen molar-refractivity contribution in [2.45, 2.75) is 38.6 Å². The van der Waals surface area contributed by atoms with Crippen LogP contribution in [0.3, 0.4) is 0 Å². The minimum atomic E-state index is -0.797. The van der Waals surface area contributed by atoms with Gasteiger partial charge in [-0.3, -0.25) is 0 Å². The molecule has 0 atom stereocenters. The van der Waals surface area contributed by atoms with E-state index in [1.807, 2.05) is 20.8 Å². The number of aromatic nitrogens is 2. The van der Waals surface area contributed by atoms with Crippen LogP contribution in [0.4, 0.5) is 11.6 Å². The highest BCUT2D eigenvalue weighted by molar-refractivity contribution is 5.48. The van der Waals surface area contributed by atoms with Gasteiger partial charge in [0, 0.05) is 12.0 Å². The number of rotatable bonds is 7. The molecule has 1 rings (SSSR count). The van der Waals surface area contributed by atoms with Gasteiger partial charge >= 0.3 is 0 Å². The highest BCUT2D eigenvalue weighted by Crippen LogP contribution is 2.21. The predicted molar refractivity (Wildman–Crippen MR) is 74.7 cm³/mol. The second kappa shape index (κ2) is 6.65. The largest absolute Gasteiger partial charge is 0.394 e. The third-order valence-electron chi connectivity index (χ3n) is 3.08. The molecular weight excluding hydrogens is 246 g/mol. The van der Waals surface area contributed by atoms with Crippen LogP contribution < -0.4 is 16.6 Å². The number of anilines is 2. The third-order valence-corrected chi connectivity index (χ3v) is 3.08. The SMILES string of the molecule is CCC(CO)(CO)Nc1cc(NN)nc(C(C)C)n1. The molecule has 0 amide bonds. The van der Waals surface area contributed by atoms with Crippen LogP contribution in [0.15, 0.2) is 6.07 Å². The van der Waals surface area contributed by atoms with Gasteiger partial charge in [-0.25, -0.2) is 15.8 Å². The highest BCUT2D eigenvalue weighted by atomic mass is 16.3. The molecule has 7 heteroatoms. The average molecular weight is 269 g/mol. The van der Waals surface area contributed by atoms with Gasteiger partial charge in [0.2, 0.25) is 0 Å². The van der Waals surface area contributed by atoms with Crippen molar-refractivity contribution in [2.75, 3.05) is 24.0 Å². The van der Waals surface area contributed by atoms with E-state index in [1.54, 1.807) is 6.07 Å². The monoisotopic (exact) mass is 269 g/mol. The van der Waals surface area contributed by atoms with Crippen molar-refractivity contribution in [2.24, 2.45) is 5.84 Å². The molecule has 0 unspecified atom stereocenters. The number of nitrogens with two attached hydrogens (primary N) is 1. The molecule has 0 aliphatic rings. The maximum absolute atomic E-state index is 9.44. The number of hydrogen-bond donors (Lipinski definition) is 5. The van der Waals surface area contributed by atoms with Crippen molar-refractivity contribution >= 4 is 11.6 Å². The average Bonchev–Trinajstić information content (AvgIpc) is 2.44. The molecule has 0 saturated heterocycles. The van der Waals surface area contributed by atoms with Crippen LogP contribution in [-0.2, 0) is 0 Å². The Morgan fingerprint density at radius 3 is 2.26 bits per heavy atom. The summed E-state index contributed by atoms with van der Waals surface area (Å²) < 4.78 is 0. The van der Waals surface area contributed by atoms with Crippen LogP contribution in [0.2, 0.25) is 0 Å². The molecule has 0 radical (unpaired) electrons. The van der Waals surface area contributed by atoms with Crippen LogP contribution in [0.5, 0.6) is 0 Å². The molecule has 0 aromatic carbocycles. The normalized spacial score (nSPS) is 11.7. The Morgan fingerprint density at radius 2 is 1.84 bits per heavy atom. The summed E-state index contributed by atoms with van der Waals surface area (Å²) in [4.78, 5) is 8.62. The fraction of sp³-hybridized carbons (Fsp3) is 0.667. The van der Waals surface area contributed by atoms with Gasteiger partial charge in [0.15, 0.2) is 0 Å². The summed E-state index contributed by atoms with van der Waals surface area (Å²) in [5, 5.41) is 21.9. The summed E-state index contributed by atoms with van der Waals surface area (Å²) in [6.07, 6.45) is 0.562. The zero-order valence-corrected chi connectivity index (χ0v) is 11.6. The van der Waals surface area contributed by atoms with E-state index in [4.69, 9.17) is 5.84 Å². The van der Waals surface area contributed by atoms with E-state index in [-0.39, 0.29) is 19.1 Å². The zero-order chi connectivity index (χ0) is 14.5. The maximum atomic E-state index is 9.44. The molecule has 0 saturated carbocycles. The molecule has 0 fully saturated rings. The van der Waals surface area contributed by atoms with E-state index in [2.05, 4.69) is 20.7 Å². The van der Waals surface area contributed by atoms with Crippen LogP contribution >= 0.6 is 0 Å². The first kappa shape index (κ1) is 15.6. The third kappa shape index (κ3) is 3.76. The van der Waals surface area contributed by atoms with E-state index >= 15 is 0 Å². The Labute approximate surface area is 113 Å². The maximum Gasteiger partial charge on any atom is 0.145 e. The lowest BCUT2D eigenvalue weighted by molar-refractivity contribution is 0.132. The van der Waals surface area contributed by atoms with Crippen molar-refractivity contribution in [3.05, 3.63) is 11.9 Å². The molecule has 0 bridgehead atoms. The van der Waals surface area contributed by atoms with Gasteiger partial charge in [-0.05, 0) is 6.42 Å². The summed E-state index contributed by atoms with van der Waals surface area (Å²) in [5.74, 6) is 7.18. The number of aliphatic hydroxyl groups is 2. The molecule has 1 aromatic rings. The van der Waals surface area contributed by atoms with Crippen molar-refractivity contribution in [1.82, 2.24) is 9.97 Å². The number of nitrogens with zero attached hydrogens (tertiary/aromatic N) is 2. The smallest absolute Gasteiger partial charge is 0.145 e. The van der Waals surface area contributed by atoms with Crippen molar-refractivity contribution in [3.63, 3.8) is 0 Å². The van der Waals surface area contributed by atoms with E-state index in [1.165, 1.54) is 0 Å². The molecule has 7 nitrogen and oxygen atoms in total. The van der Waals surface area contributed by atoms with Crippen LogP contribution in [0, 0.1) is 0 Å². The fourth-order valence-corrected chi connectivity index (χ4v) is 1.57. The van der Waals surface area contributed by atoms with Crippen LogP contribution in [0.25, 0.3) is 0 Å². The molecule has 19 heavy (non-hydrogen) atoms. The lowest BCUT2D eigenvalue weighted by Gasteiger charge is -2.30. The minimum absolute atomic E-state index is 0.146. The fourth-order valence-electron chi connectivity index (χ4n) is 1.57. The summed E-state index contributed by atoms with van der Waals surface area (Å²) in [7, 11) is 0. The molecule has 1 heterocycles. The summed E-state index contributed by atoms with van der Waals surface area (Å²) in [6.45, 7) is 5.46. The molecule has 1 aromatic heterocycles. The Kier molecular flexibility index (Phi) is 5.46. The number of nitrogens with one attached hydrogen (secondary N) is 2. The van der Waals surface area contributed by atoms with Crippen LogP contribution in [0.1, 0.15) is 38.9 Å². The Morgan fingerprint density at radius 1 is 1.26 bits per heavy atom.